The SMILES string of the molecule is CCCCCl.CCCCCl.CCCCCl.[B]. The van der Waals surface area contributed by atoms with E-state index in [0.717, 1.165) is 36.9 Å². The summed E-state index contributed by atoms with van der Waals surface area (Å²) in [6.45, 7) is 6.38. The van der Waals surface area contributed by atoms with Gasteiger partial charge < -0.3 is 0 Å². The largest absolute Gasteiger partial charge is 0.127 e. The Bertz CT molecular complexity index is 53.0. The van der Waals surface area contributed by atoms with E-state index < -0.39 is 0 Å². The van der Waals surface area contributed by atoms with Gasteiger partial charge in [-0.15, -0.1) is 34.8 Å². The van der Waals surface area contributed by atoms with Gasteiger partial charge in [0.2, 0.25) is 0 Å². The molecule has 99 valence electrons. The van der Waals surface area contributed by atoms with Gasteiger partial charge in [-0.25, -0.2) is 0 Å². The van der Waals surface area contributed by atoms with Crippen molar-refractivity contribution >= 4 is 43.2 Å². The molecule has 0 aliphatic rings. The van der Waals surface area contributed by atoms with Crippen LogP contribution >= 0.6 is 34.8 Å². The third kappa shape index (κ3) is 60.3. The molecule has 0 atom stereocenters. The average molecular weight is 289 g/mol. The van der Waals surface area contributed by atoms with Crippen LogP contribution in [-0.2, 0) is 0 Å². The summed E-state index contributed by atoms with van der Waals surface area (Å²) in [6, 6.07) is 0. The number of rotatable bonds is 6. The zero-order valence-corrected chi connectivity index (χ0v) is 13.3. The van der Waals surface area contributed by atoms with Crippen LogP contribution in [0.1, 0.15) is 59.3 Å². The van der Waals surface area contributed by atoms with Crippen LogP contribution in [0.2, 0.25) is 0 Å². The quantitative estimate of drug-likeness (QED) is 0.435. The van der Waals surface area contributed by atoms with Gasteiger partial charge in [0.1, 0.15) is 0 Å². The second-order valence-electron chi connectivity index (χ2n) is 3.13. The van der Waals surface area contributed by atoms with Gasteiger partial charge in [-0.2, -0.15) is 0 Å². The van der Waals surface area contributed by atoms with Crippen LogP contribution in [0.5, 0.6) is 0 Å². The standard InChI is InChI=1S/3C4H9Cl.B/c3*1-2-3-4-5;/h3*2-4H2,1H3;. The first kappa shape index (κ1) is 25.7. The summed E-state index contributed by atoms with van der Waals surface area (Å²) in [5.74, 6) is 2.45. The summed E-state index contributed by atoms with van der Waals surface area (Å²) in [5.41, 5.74) is 0. The number of halogens is 3. The smallest absolute Gasteiger partial charge is 0.0223 e. The van der Waals surface area contributed by atoms with E-state index in [4.69, 9.17) is 34.8 Å². The maximum atomic E-state index is 5.30. The van der Waals surface area contributed by atoms with Crippen molar-refractivity contribution in [1.29, 1.82) is 0 Å². The molecule has 4 heteroatoms. The van der Waals surface area contributed by atoms with E-state index in [1.807, 2.05) is 0 Å². The minimum atomic E-state index is 0. The second kappa shape index (κ2) is 36.0. The van der Waals surface area contributed by atoms with Gasteiger partial charge >= 0.3 is 0 Å². The Labute approximate surface area is 120 Å². The monoisotopic (exact) mass is 287 g/mol. The van der Waals surface area contributed by atoms with Crippen LogP contribution in [-0.4, -0.2) is 26.1 Å². The molecule has 0 nitrogen and oxygen atoms in total. The minimum absolute atomic E-state index is 0. The normalized spacial score (nSPS) is 7.88. The summed E-state index contributed by atoms with van der Waals surface area (Å²) in [4.78, 5) is 0. The van der Waals surface area contributed by atoms with Crippen molar-refractivity contribution in [2.45, 2.75) is 59.3 Å². The Morgan fingerprint density at radius 3 is 0.750 bits per heavy atom. The van der Waals surface area contributed by atoms with Gasteiger partial charge in [-0.1, -0.05) is 40.0 Å². The van der Waals surface area contributed by atoms with Gasteiger partial charge in [-0.05, 0) is 19.3 Å². The number of unbranched alkanes of at least 4 members (excludes halogenated alkanes) is 3. The molecule has 0 bridgehead atoms. The number of alkyl halides is 3. The zero-order chi connectivity index (χ0) is 12.4. The minimum Gasteiger partial charge on any atom is -0.127 e. The van der Waals surface area contributed by atoms with E-state index in [0.29, 0.717) is 0 Å². The van der Waals surface area contributed by atoms with Gasteiger partial charge in [0, 0.05) is 26.1 Å². The Hall–Kier alpha value is 0.935. The third-order valence-corrected chi connectivity index (χ3v) is 2.26. The fourth-order valence-corrected chi connectivity index (χ4v) is 1.20. The molecule has 0 aromatic carbocycles. The first-order valence-corrected chi connectivity index (χ1v) is 7.53. The fourth-order valence-electron chi connectivity index (χ4n) is 0.401. The van der Waals surface area contributed by atoms with Crippen molar-refractivity contribution in [3.8, 4) is 0 Å². The van der Waals surface area contributed by atoms with Crippen molar-refractivity contribution in [2.75, 3.05) is 17.6 Å². The zero-order valence-electron chi connectivity index (χ0n) is 11.1. The summed E-state index contributed by atoms with van der Waals surface area (Å²) >= 11 is 15.9. The summed E-state index contributed by atoms with van der Waals surface area (Å²) in [7, 11) is 0. The highest BCUT2D eigenvalue weighted by atomic mass is 35.5. The fraction of sp³-hybridized carbons (Fsp3) is 1.00. The molecule has 0 aromatic rings. The molecule has 0 amide bonds. The van der Waals surface area contributed by atoms with Crippen LogP contribution in [0.25, 0.3) is 0 Å². The molecule has 0 unspecified atom stereocenters. The third-order valence-electron chi connectivity index (χ3n) is 1.46. The molecule has 0 rings (SSSR count). The second-order valence-corrected chi connectivity index (χ2v) is 4.26. The first-order valence-electron chi connectivity index (χ1n) is 5.92. The molecule has 0 saturated heterocycles. The topological polar surface area (TPSA) is 0 Å². The van der Waals surface area contributed by atoms with E-state index >= 15 is 0 Å². The summed E-state index contributed by atoms with van der Waals surface area (Å²) in [5, 5.41) is 0. The Balaban J connectivity index is -0.0000000655. The van der Waals surface area contributed by atoms with E-state index in [-0.39, 0.29) is 8.41 Å². The van der Waals surface area contributed by atoms with E-state index in [1.165, 1.54) is 19.3 Å². The van der Waals surface area contributed by atoms with Crippen LogP contribution < -0.4 is 0 Å². The molecule has 0 aliphatic carbocycles. The van der Waals surface area contributed by atoms with Crippen molar-refractivity contribution in [1.82, 2.24) is 0 Å². The molecular weight excluding hydrogens is 261 g/mol. The molecule has 0 saturated carbocycles. The lowest BCUT2D eigenvalue weighted by atomic mass is 10.4. The van der Waals surface area contributed by atoms with E-state index in [9.17, 15) is 0 Å². The Morgan fingerprint density at radius 1 is 0.562 bits per heavy atom. The predicted molar refractivity (Wildman–Crippen MR) is 82.6 cm³/mol. The van der Waals surface area contributed by atoms with Gasteiger partial charge in [0.15, 0.2) is 0 Å². The van der Waals surface area contributed by atoms with Crippen molar-refractivity contribution in [3.05, 3.63) is 0 Å². The molecule has 0 spiro atoms. The van der Waals surface area contributed by atoms with E-state index in [2.05, 4.69) is 20.8 Å². The van der Waals surface area contributed by atoms with Gasteiger partial charge in [0.25, 0.3) is 0 Å². The summed E-state index contributed by atoms with van der Waals surface area (Å²) < 4.78 is 0. The van der Waals surface area contributed by atoms with Crippen LogP contribution in [0, 0.1) is 0 Å². The number of hydrogen-bond acceptors (Lipinski definition) is 0. The molecule has 0 aromatic heterocycles. The predicted octanol–water partition coefficient (Wildman–Crippen LogP) is 5.70. The Kier molecular flexibility index (Phi) is 57.8. The molecule has 0 heterocycles. The lowest BCUT2D eigenvalue weighted by Crippen LogP contribution is -1.65. The van der Waals surface area contributed by atoms with Gasteiger partial charge in [-0.3, -0.25) is 0 Å². The number of hydrogen-bond donors (Lipinski definition) is 0. The first-order chi connectivity index (χ1) is 7.24. The summed E-state index contributed by atoms with van der Waals surface area (Å²) in [6.07, 6.45) is 7.10. The van der Waals surface area contributed by atoms with Crippen LogP contribution in [0.15, 0.2) is 0 Å². The Morgan fingerprint density at radius 2 is 0.750 bits per heavy atom. The molecule has 0 fully saturated rings. The maximum Gasteiger partial charge on any atom is 0.0223 e. The molecular formula is C12H27BCl3. The van der Waals surface area contributed by atoms with E-state index in [1.54, 1.807) is 0 Å². The molecule has 0 N–H and O–H groups in total. The van der Waals surface area contributed by atoms with Crippen molar-refractivity contribution < 1.29 is 0 Å². The van der Waals surface area contributed by atoms with Gasteiger partial charge in [0.05, 0.1) is 0 Å². The molecule has 3 radical (unpaired) electrons. The molecule has 0 aliphatic heterocycles. The maximum absolute atomic E-state index is 5.30. The highest BCUT2D eigenvalue weighted by Gasteiger charge is 1.71. The lowest BCUT2D eigenvalue weighted by molar-refractivity contribution is 0.892. The highest BCUT2D eigenvalue weighted by molar-refractivity contribution is 6.18. The highest BCUT2D eigenvalue weighted by Crippen LogP contribution is 1.87. The van der Waals surface area contributed by atoms with Crippen molar-refractivity contribution in [2.24, 2.45) is 0 Å². The van der Waals surface area contributed by atoms with Crippen molar-refractivity contribution in [3.63, 3.8) is 0 Å². The molecule has 16 heavy (non-hydrogen) atoms. The van der Waals surface area contributed by atoms with Crippen LogP contribution in [0.3, 0.4) is 0 Å². The lowest BCUT2D eigenvalue weighted by Gasteiger charge is -1.77. The average Bonchev–Trinajstić information content (AvgIpc) is 2.23. The van der Waals surface area contributed by atoms with Crippen LogP contribution in [0.4, 0.5) is 0 Å².